The zero-order valence-corrected chi connectivity index (χ0v) is 15.5. The van der Waals surface area contributed by atoms with Gasteiger partial charge in [0.1, 0.15) is 5.75 Å². The molecule has 2 amide bonds. The van der Waals surface area contributed by atoms with Crippen molar-refractivity contribution in [3.8, 4) is 5.75 Å². The van der Waals surface area contributed by atoms with Gasteiger partial charge >= 0.3 is 0 Å². The molecule has 0 fully saturated rings. The van der Waals surface area contributed by atoms with E-state index in [4.69, 9.17) is 16.3 Å². The molecule has 0 aromatic heterocycles. The van der Waals surface area contributed by atoms with Crippen LogP contribution in [0.25, 0.3) is 0 Å². The summed E-state index contributed by atoms with van der Waals surface area (Å²) in [6, 6.07) is 8.78. The molecule has 2 aromatic rings. The van der Waals surface area contributed by atoms with E-state index in [9.17, 15) is 9.59 Å². The molecule has 2 rings (SSSR count). The largest absolute Gasteiger partial charge is 0.495 e. The number of anilines is 1. The van der Waals surface area contributed by atoms with Crippen molar-refractivity contribution in [2.24, 2.45) is 0 Å². The van der Waals surface area contributed by atoms with Crippen molar-refractivity contribution in [2.45, 2.75) is 20.8 Å². The Morgan fingerprint density at radius 3 is 2.40 bits per heavy atom. The highest BCUT2D eigenvalue weighted by Gasteiger charge is 2.12. The van der Waals surface area contributed by atoms with Crippen molar-refractivity contribution in [1.82, 2.24) is 5.32 Å². The van der Waals surface area contributed by atoms with Gasteiger partial charge < -0.3 is 15.4 Å². The van der Waals surface area contributed by atoms with Crippen molar-refractivity contribution >= 4 is 29.1 Å². The molecule has 25 heavy (non-hydrogen) atoms. The summed E-state index contributed by atoms with van der Waals surface area (Å²) in [5, 5.41) is 5.88. The average molecular weight is 361 g/mol. The van der Waals surface area contributed by atoms with E-state index < -0.39 is 0 Å². The van der Waals surface area contributed by atoms with Gasteiger partial charge in [0.2, 0.25) is 5.91 Å². The quantitative estimate of drug-likeness (QED) is 0.855. The van der Waals surface area contributed by atoms with Gasteiger partial charge in [-0.3, -0.25) is 9.59 Å². The number of carbonyl (C=O) groups is 2. The highest BCUT2D eigenvalue weighted by Crippen LogP contribution is 2.30. The molecular formula is C19H21ClN2O3. The minimum absolute atomic E-state index is 0.142. The third-order valence-corrected chi connectivity index (χ3v) is 4.34. The molecule has 0 spiro atoms. The van der Waals surface area contributed by atoms with Gasteiger partial charge in [-0.05, 0) is 55.7 Å². The fraction of sp³-hybridized carbons (Fsp3) is 0.263. The van der Waals surface area contributed by atoms with Gasteiger partial charge in [0.25, 0.3) is 5.91 Å². The first kappa shape index (κ1) is 18.8. The lowest BCUT2D eigenvalue weighted by atomic mass is 10.1. The summed E-state index contributed by atoms with van der Waals surface area (Å²) >= 11 is 6.05. The number of nitrogens with one attached hydrogen (secondary N) is 2. The number of ether oxygens (including phenoxy) is 1. The van der Waals surface area contributed by atoms with Crippen LogP contribution in [0.15, 0.2) is 30.3 Å². The first-order chi connectivity index (χ1) is 11.8. The lowest BCUT2D eigenvalue weighted by molar-refractivity contribution is -0.115. The van der Waals surface area contributed by atoms with E-state index in [2.05, 4.69) is 10.6 Å². The van der Waals surface area contributed by atoms with E-state index >= 15 is 0 Å². The van der Waals surface area contributed by atoms with Crippen LogP contribution in [0.5, 0.6) is 5.75 Å². The molecule has 5 nitrogen and oxygen atoms in total. The standard InChI is InChI=1S/C19H21ClN2O3/c1-11-5-6-14(7-12(11)2)19(24)21-10-18(23)22-16-8-13(3)15(20)9-17(16)25-4/h5-9H,10H2,1-4H3,(H,21,24)(H,22,23). The first-order valence-electron chi connectivity index (χ1n) is 7.81. The van der Waals surface area contributed by atoms with Gasteiger partial charge in [-0.1, -0.05) is 17.7 Å². The summed E-state index contributed by atoms with van der Waals surface area (Å²) in [6.45, 7) is 5.61. The number of methoxy groups -OCH3 is 1. The fourth-order valence-electron chi connectivity index (χ4n) is 2.27. The number of rotatable bonds is 5. The summed E-state index contributed by atoms with van der Waals surface area (Å²) in [5.74, 6) is -0.181. The summed E-state index contributed by atoms with van der Waals surface area (Å²) in [4.78, 5) is 24.3. The van der Waals surface area contributed by atoms with E-state index in [1.807, 2.05) is 26.8 Å². The van der Waals surface area contributed by atoms with Crippen LogP contribution in [0.2, 0.25) is 5.02 Å². The molecule has 2 N–H and O–H groups in total. The molecule has 0 aliphatic carbocycles. The maximum atomic E-state index is 12.2. The lowest BCUT2D eigenvalue weighted by Gasteiger charge is -2.13. The molecule has 6 heteroatoms. The number of carbonyl (C=O) groups excluding carboxylic acids is 2. The van der Waals surface area contributed by atoms with Crippen molar-refractivity contribution < 1.29 is 14.3 Å². The van der Waals surface area contributed by atoms with Crippen molar-refractivity contribution in [1.29, 1.82) is 0 Å². The molecule has 2 aromatic carbocycles. The van der Waals surface area contributed by atoms with Crippen LogP contribution in [0, 0.1) is 20.8 Å². The van der Waals surface area contributed by atoms with Crippen molar-refractivity contribution in [2.75, 3.05) is 19.0 Å². The average Bonchev–Trinajstić information content (AvgIpc) is 2.58. The second-order valence-corrected chi connectivity index (χ2v) is 6.24. The summed E-state index contributed by atoms with van der Waals surface area (Å²) in [7, 11) is 1.50. The Morgan fingerprint density at radius 1 is 1.04 bits per heavy atom. The van der Waals surface area contributed by atoms with Crippen LogP contribution in [-0.4, -0.2) is 25.5 Å². The Hall–Kier alpha value is -2.53. The smallest absolute Gasteiger partial charge is 0.251 e. The SMILES string of the molecule is COc1cc(Cl)c(C)cc1NC(=O)CNC(=O)c1ccc(C)c(C)c1. The zero-order chi connectivity index (χ0) is 18.6. The van der Waals surface area contributed by atoms with Crippen LogP contribution in [-0.2, 0) is 4.79 Å². The predicted octanol–water partition coefficient (Wildman–Crippen LogP) is 3.64. The number of halogens is 1. The van der Waals surface area contributed by atoms with Gasteiger partial charge in [0, 0.05) is 16.7 Å². The van der Waals surface area contributed by atoms with Crippen LogP contribution in [0.4, 0.5) is 5.69 Å². The molecule has 0 aliphatic heterocycles. The molecule has 0 bridgehead atoms. The second kappa shape index (κ2) is 8.03. The van der Waals surface area contributed by atoms with E-state index in [0.29, 0.717) is 22.0 Å². The Balaban J connectivity index is 2.00. The molecule has 0 radical (unpaired) electrons. The predicted molar refractivity (Wildman–Crippen MR) is 99.6 cm³/mol. The van der Waals surface area contributed by atoms with Crippen LogP contribution >= 0.6 is 11.6 Å². The highest BCUT2D eigenvalue weighted by atomic mass is 35.5. The third kappa shape index (κ3) is 4.73. The van der Waals surface area contributed by atoms with Gasteiger partial charge in [-0.15, -0.1) is 0 Å². The van der Waals surface area contributed by atoms with Crippen molar-refractivity contribution in [3.63, 3.8) is 0 Å². The molecule has 132 valence electrons. The number of aryl methyl sites for hydroxylation is 3. The zero-order valence-electron chi connectivity index (χ0n) is 14.7. The topological polar surface area (TPSA) is 67.4 Å². The Bertz CT molecular complexity index is 819. The summed E-state index contributed by atoms with van der Waals surface area (Å²) in [5.41, 5.74) is 3.99. The van der Waals surface area contributed by atoms with Gasteiger partial charge in [0.15, 0.2) is 0 Å². The van der Waals surface area contributed by atoms with Gasteiger partial charge in [-0.25, -0.2) is 0 Å². The highest BCUT2D eigenvalue weighted by molar-refractivity contribution is 6.31. The van der Waals surface area contributed by atoms with Crippen LogP contribution in [0.3, 0.4) is 0 Å². The molecule has 0 atom stereocenters. The minimum atomic E-state index is -0.350. The van der Waals surface area contributed by atoms with Crippen LogP contribution in [0.1, 0.15) is 27.0 Å². The first-order valence-corrected chi connectivity index (χ1v) is 8.19. The van der Waals surface area contributed by atoms with Gasteiger partial charge in [0.05, 0.1) is 19.3 Å². The van der Waals surface area contributed by atoms with Crippen molar-refractivity contribution in [3.05, 3.63) is 57.6 Å². The lowest BCUT2D eigenvalue weighted by Crippen LogP contribution is -2.33. The Labute approximate surface area is 152 Å². The molecule has 0 saturated carbocycles. The van der Waals surface area contributed by atoms with E-state index in [-0.39, 0.29) is 18.4 Å². The van der Waals surface area contributed by atoms with E-state index in [1.54, 1.807) is 24.3 Å². The fourth-order valence-corrected chi connectivity index (χ4v) is 2.42. The monoisotopic (exact) mass is 360 g/mol. The number of hydrogen-bond donors (Lipinski definition) is 2. The second-order valence-electron chi connectivity index (χ2n) is 5.83. The molecule has 0 unspecified atom stereocenters. The Kier molecular flexibility index (Phi) is 6.04. The molecular weight excluding hydrogens is 340 g/mol. The molecule has 0 aliphatic rings. The number of amides is 2. The maximum absolute atomic E-state index is 12.2. The maximum Gasteiger partial charge on any atom is 0.251 e. The van der Waals surface area contributed by atoms with Crippen LogP contribution < -0.4 is 15.4 Å². The van der Waals surface area contributed by atoms with E-state index in [0.717, 1.165) is 16.7 Å². The normalized spacial score (nSPS) is 10.3. The number of hydrogen-bond acceptors (Lipinski definition) is 3. The summed E-state index contributed by atoms with van der Waals surface area (Å²) in [6.07, 6.45) is 0. The Morgan fingerprint density at radius 2 is 1.76 bits per heavy atom. The van der Waals surface area contributed by atoms with Gasteiger partial charge in [-0.2, -0.15) is 0 Å². The molecule has 0 saturated heterocycles. The minimum Gasteiger partial charge on any atom is -0.495 e. The number of benzene rings is 2. The van der Waals surface area contributed by atoms with E-state index in [1.165, 1.54) is 7.11 Å². The summed E-state index contributed by atoms with van der Waals surface area (Å²) < 4.78 is 5.21. The third-order valence-electron chi connectivity index (χ3n) is 3.93. The molecule has 0 heterocycles.